The maximum Gasteiger partial charge on any atom is 0.142 e. The second kappa shape index (κ2) is 6.42. The Balaban J connectivity index is 2.14. The molecule has 4 heteroatoms. The summed E-state index contributed by atoms with van der Waals surface area (Å²) in [5, 5.41) is 14.7. The van der Waals surface area contributed by atoms with Crippen molar-refractivity contribution in [1.29, 1.82) is 0 Å². The van der Waals surface area contributed by atoms with E-state index in [1.54, 1.807) is 6.07 Å². The fourth-order valence-corrected chi connectivity index (χ4v) is 3.26. The molecule has 0 saturated carbocycles. The second-order valence-electron chi connectivity index (χ2n) is 8.36. The zero-order chi connectivity index (χ0) is 19.1. The van der Waals surface area contributed by atoms with Crippen molar-refractivity contribution in [1.82, 2.24) is 0 Å². The Labute approximate surface area is 157 Å². The van der Waals surface area contributed by atoms with Crippen molar-refractivity contribution >= 4 is 17.1 Å². The number of rotatable bonds is 5. The minimum atomic E-state index is -0.116. The van der Waals surface area contributed by atoms with Crippen LogP contribution in [0.2, 0.25) is 0 Å². The fraction of sp³-hybridized carbons (Fsp3) is 0.455. The third-order valence-electron chi connectivity index (χ3n) is 5.87. The van der Waals surface area contributed by atoms with Gasteiger partial charge in [-0.2, -0.15) is 5.12 Å². The van der Waals surface area contributed by atoms with Crippen molar-refractivity contribution < 1.29 is 5.11 Å². The summed E-state index contributed by atoms with van der Waals surface area (Å²) in [5.74, 6) is 0.263. The number of phenols is 1. The van der Waals surface area contributed by atoms with Gasteiger partial charge in [-0.25, -0.2) is 0 Å². The highest BCUT2D eigenvalue weighted by Gasteiger charge is 2.38. The standard InChI is InChI=1S/C22H31N3O/c1-7-21(3,4)16-13-14-17-19(15-16)24(22(5,6)8-2)25(23-17)18-11-9-10-12-20(18)26/h9-15,23,26H,7-8H2,1-6H3. The Kier molecular flexibility index (Phi) is 4.55. The Hall–Kier alpha value is -2.36. The molecule has 2 N–H and O–H groups in total. The van der Waals surface area contributed by atoms with E-state index in [4.69, 9.17) is 0 Å². The molecule has 0 unspecified atom stereocenters. The Morgan fingerprint density at radius 1 is 0.923 bits per heavy atom. The van der Waals surface area contributed by atoms with E-state index in [0.29, 0.717) is 0 Å². The van der Waals surface area contributed by atoms with Gasteiger partial charge in [-0.05, 0) is 61.9 Å². The first-order valence-electron chi connectivity index (χ1n) is 9.50. The van der Waals surface area contributed by atoms with Crippen LogP contribution in [0.25, 0.3) is 0 Å². The first-order valence-corrected chi connectivity index (χ1v) is 9.50. The predicted octanol–water partition coefficient (Wildman–Crippen LogP) is 5.84. The molecule has 0 aromatic heterocycles. The topological polar surface area (TPSA) is 38.7 Å². The summed E-state index contributed by atoms with van der Waals surface area (Å²) >= 11 is 0. The fourth-order valence-electron chi connectivity index (χ4n) is 3.26. The minimum Gasteiger partial charge on any atom is -0.506 e. The largest absolute Gasteiger partial charge is 0.506 e. The molecule has 1 aliphatic heterocycles. The number of phenolic OH excluding ortho intramolecular Hbond substituents is 1. The van der Waals surface area contributed by atoms with Crippen molar-refractivity contribution in [2.45, 2.75) is 65.3 Å². The van der Waals surface area contributed by atoms with Gasteiger partial charge in [-0.1, -0.05) is 45.9 Å². The number of anilines is 3. The molecule has 0 fully saturated rings. The van der Waals surface area contributed by atoms with Crippen LogP contribution in [0.4, 0.5) is 17.1 Å². The van der Waals surface area contributed by atoms with Crippen LogP contribution < -0.4 is 15.6 Å². The second-order valence-corrected chi connectivity index (χ2v) is 8.36. The van der Waals surface area contributed by atoms with Crippen molar-refractivity contribution in [2.24, 2.45) is 0 Å². The summed E-state index contributed by atoms with van der Waals surface area (Å²) in [5.41, 5.74) is 7.78. The van der Waals surface area contributed by atoms with Gasteiger partial charge < -0.3 is 5.11 Å². The average molecular weight is 354 g/mol. The molecule has 0 spiro atoms. The van der Waals surface area contributed by atoms with Gasteiger partial charge in [0.1, 0.15) is 11.4 Å². The van der Waals surface area contributed by atoms with Gasteiger partial charge in [0.15, 0.2) is 0 Å². The van der Waals surface area contributed by atoms with Gasteiger partial charge in [0.2, 0.25) is 0 Å². The number of benzene rings is 2. The van der Waals surface area contributed by atoms with E-state index >= 15 is 0 Å². The van der Waals surface area contributed by atoms with Gasteiger partial charge in [-0.15, -0.1) is 0 Å². The van der Waals surface area contributed by atoms with E-state index < -0.39 is 0 Å². The summed E-state index contributed by atoms with van der Waals surface area (Å²) in [6.45, 7) is 13.5. The molecule has 1 aliphatic rings. The Morgan fingerprint density at radius 3 is 2.23 bits per heavy atom. The zero-order valence-corrected chi connectivity index (χ0v) is 16.8. The monoisotopic (exact) mass is 353 g/mol. The van der Waals surface area contributed by atoms with Crippen molar-refractivity contribution in [3.05, 3.63) is 48.0 Å². The molecule has 0 aliphatic carbocycles. The molecule has 2 aromatic carbocycles. The van der Waals surface area contributed by atoms with Crippen molar-refractivity contribution in [3.63, 3.8) is 0 Å². The predicted molar refractivity (Wildman–Crippen MR) is 111 cm³/mol. The van der Waals surface area contributed by atoms with E-state index in [2.05, 4.69) is 70.2 Å². The van der Waals surface area contributed by atoms with Gasteiger partial charge in [-0.3, -0.25) is 10.4 Å². The van der Waals surface area contributed by atoms with E-state index in [1.807, 2.05) is 23.3 Å². The smallest absolute Gasteiger partial charge is 0.142 e. The lowest BCUT2D eigenvalue weighted by Crippen LogP contribution is -2.53. The molecular formula is C22H31N3O. The molecule has 2 aromatic rings. The summed E-state index contributed by atoms with van der Waals surface area (Å²) in [6, 6.07) is 14.1. The number of nitrogens with zero attached hydrogens (tertiary/aromatic N) is 2. The van der Waals surface area contributed by atoms with Crippen LogP contribution in [0, 0.1) is 0 Å². The van der Waals surface area contributed by atoms with E-state index in [0.717, 1.165) is 29.9 Å². The Morgan fingerprint density at radius 2 is 1.62 bits per heavy atom. The highest BCUT2D eigenvalue weighted by molar-refractivity contribution is 5.83. The zero-order valence-electron chi connectivity index (χ0n) is 16.8. The number of nitrogens with one attached hydrogen (secondary N) is 1. The molecule has 0 atom stereocenters. The summed E-state index contributed by atoms with van der Waals surface area (Å²) < 4.78 is 0. The van der Waals surface area contributed by atoms with Crippen LogP contribution in [0.15, 0.2) is 42.5 Å². The average Bonchev–Trinajstić information content (AvgIpc) is 3.01. The third kappa shape index (κ3) is 2.98. The van der Waals surface area contributed by atoms with Crippen LogP contribution in [0.3, 0.4) is 0 Å². The summed E-state index contributed by atoms with van der Waals surface area (Å²) in [4.78, 5) is 0. The van der Waals surface area contributed by atoms with Crippen molar-refractivity contribution in [2.75, 3.05) is 15.6 Å². The maximum absolute atomic E-state index is 10.4. The molecular weight excluding hydrogens is 322 g/mol. The summed E-state index contributed by atoms with van der Waals surface area (Å²) in [7, 11) is 0. The maximum atomic E-state index is 10.4. The first-order chi connectivity index (χ1) is 12.2. The van der Waals surface area contributed by atoms with Gasteiger partial charge in [0.05, 0.1) is 16.9 Å². The Bertz CT molecular complexity index is 798. The lowest BCUT2D eigenvalue weighted by Gasteiger charge is -2.42. The lowest BCUT2D eigenvalue weighted by molar-refractivity contribution is 0.437. The number of para-hydroxylation sites is 2. The van der Waals surface area contributed by atoms with Crippen molar-refractivity contribution in [3.8, 4) is 5.75 Å². The number of hydrogen-bond donors (Lipinski definition) is 2. The van der Waals surface area contributed by atoms with Gasteiger partial charge in [0, 0.05) is 0 Å². The molecule has 1 heterocycles. The third-order valence-corrected chi connectivity index (χ3v) is 5.87. The minimum absolute atomic E-state index is 0.116. The first kappa shape index (κ1) is 18.4. The quantitative estimate of drug-likeness (QED) is 0.708. The molecule has 140 valence electrons. The number of fused-ring (bicyclic) bond motifs is 1. The van der Waals surface area contributed by atoms with E-state index in [-0.39, 0.29) is 16.7 Å². The van der Waals surface area contributed by atoms with E-state index in [9.17, 15) is 5.11 Å². The molecule has 0 bridgehead atoms. The van der Waals surface area contributed by atoms with Crippen LogP contribution in [-0.2, 0) is 5.41 Å². The van der Waals surface area contributed by atoms with Gasteiger partial charge in [0.25, 0.3) is 0 Å². The molecule has 0 amide bonds. The molecule has 0 saturated heterocycles. The molecule has 0 radical (unpaired) electrons. The van der Waals surface area contributed by atoms with E-state index in [1.165, 1.54) is 5.56 Å². The van der Waals surface area contributed by atoms with Crippen LogP contribution in [0.1, 0.15) is 59.9 Å². The molecule has 3 rings (SSSR count). The van der Waals surface area contributed by atoms with Crippen LogP contribution in [0.5, 0.6) is 5.75 Å². The number of hydrogen-bond acceptors (Lipinski definition) is 4. The van der Waals surface area contributed by atoms with Crippen LogP contribution in [-0.4, -0.2) is 10.6 Å². The molecule has 4 nitrogen and oxygen atoms in total. The number of aromatic hydroxyl groups is 1. The molecule has 26 heavy (non-hydrogen) atoms. The van der Waals surface area contributed by atoms with Gasteiger partial charge >= 0.3 is 0 Å². The normalized spacial score (nSPS) is 14.4. The van der Waals surface area contributed by atoms with Crippen LogP contribution >= 0.6 is 0 Å². The highest BCUT2D eigenvalue weighted by atomic mass is 16.3. The summed E-state index contributed by atoms with van der Waals surface area (Å²) in [6.07, 6.45) is 2.05. The highest BCUT2D eigenvalue weighted by Crippen LogP contribution is 2.45. The number of hydrazine groups is 2. The SMILES string of the molecule is CCC(C)(C)c1ccc2c(c1)N(C(C)(C)CC)N(c1ccccc1O)N2. The lowest BCUT2D eigenvalue weighted by atomic mass is 9.82.